The molecule has 8 nitrogen and oxygen atoms in total. The number of carbonyl (C=O) groups excluding carboxylic acids is 2. The van der Waals surface area contributed by atoms with Crippen molar-refractivity contribution in [2.75, 3.05) is 24.6 Å². The van der Waals surface area contributed by atoms with Crippen molar-refractivity contribution >= 4 is 28.7 Å². The number of amides is 1. The molecule has 1 N–H and O–H groups in total. The van der Waals surface area contributed by atoms with Crippen LogP contribution in [0.1, 0.15) is 70.2 Å². The van der Waals surface area contributed by atoms with Gasteiger partial charge in [0, 0.05) is 42.9 Å². The Bertz CT molecular complexity index is 1140. The van der Waals surface area contributed by atoms with Gasteiger partial charge in [0.25, 0.3) is 0 Å². The summed E-state index contributed by atoms with van der Waals surface area (Å²) in [4.78, 5) is 40.2. The SMILES string of the molecule is CCOC(=O)c1cn(CC2CCC2)c2ccc(N3CCC(NC(=O)OC(C)(C)C)CC3)cc2c1=O. The number of hydrogen-bond acceptors (Lipinski definition) is 6. The number of hydrogen-bond donors (Lipinski definition) is 1. The topological polar surface area (TPSA) is 89.9 Å². The number of anilines is 1. The van der Waals surface area contributed by atoms with E-state index in [1.165, 1.54) is 19.3 Å². The van der Waals surface area contributed by atoms with Crippen LogP contribution in [0.15, 0.2) is 29.2 Å². The lowest BCUT2D eigenvalue weighted by Crippen LogP contribution is -2.46. The quantitative estimate of drug-likeness (QED) is 0.610. The molecule has 8 heteroatoms. The molecule has 35 heavy (non-hydrogen) atoms. The molecule has 1 aromatic carbocycles. The highest BCUT2D eigenvalue weighted by Crippen LogP contribution is 2.30. The fourth-order valence-corrected chi connectivity index (χ4v) is 4.80. The summed E-state index contributed by atoms with van der Waals surface area (Å²) in [6.07, 6.45) is 6.43. The third-order valence-electron chi connectivity index (χ3n) is 6.82. The first kappa shape index (κ1) is 25.1. The van der Waals surface area contributed by atoms with Gasteiger partial charge in [0.2, 0.25) is 5.43 Å². The fraction of sp³-hybridized carbons (Fsp3) is 0.593. The second-order valence-electron chi connectivity index (χ2n) is 10.7. The van der Waals surface area contributed by atoms with Crippen molar-refractivity contribution in [1.29, 1.82) is 0 Å². The molecule has 0 atom stereocenters. The summed E-state index contributed by atoms with van der Waals surface area (Å²) in [5.74, 6) is 0.00752. The van der Waals surface area contributed by atoms with E-state index in [0.717, 1.165) is 43.7 Å². The van der Waals surface area contributed by atoms with Crippen molar-refractivity contribution in [1.82, 2.24) is 9.88 Å². The van der Waals surface area contributed by atoms with Crippen LogP contribution in [0.2, 0.25) is 0 Å². The van der Waals surface area contributed by atoms with Gasteiger partial charge in [-0.15, -0.1) is 0 Å². The van der Waals surface area contributed by atoms with Crippen LogP contribution < -0.4 is 15.6 Å². The lowest BCUT2D eigenvalue weighted by Gasteiger charge is -2.34. The van der Waals surface area contributed by atoms with E-state index in [2.05, 4.69) is 10.2 Å². The first-order chi connectivity index (χ1) is 16.6. The number of aromatic nitrogens is 1. The van der Waals surface area contributed by atoms with Crippen molar-refractivity contribution in [2.24, 2.45) is 5.92 Å². The molecule has 1 saturated heterocycles. The Labute approximate surface area is 206 Å². The lowest BCUT2D eigenvalue weighted by atomic mass is 9.85. The van der Waals surface area contributed by atoms with E-state index >= 15 is 0 Å². The van der Waals surface area contributed by atoms with Gasteiger partial charge >= 0.3 is 12.1 Å². The Morgan fingerprint density at radius 3 is 2.43 bits per heavy atom. The van der Waals surface area contributed by atoms with E-state index in [4.69, 9.17) is 9.47 Å². The average molecular weight is 484 g/mol. The molecule has 2 aliphatic rings. The number of benzene rings is 1. The third-order valence-corrected chi connectivity index (χ3v) is 6.82. The monoisotopic (exact) mass is 483 g/mol. The highest BCUT2D eigenvalue weighted by molar-refractivity contribution is 5.94. The highest BCUT2D eigenvalue weighted by Gasteiger charge is 2.25. The maximum atomic E-state index is 13.3. The summed E-state index contributed by atoms with van der Waals surface area (Å²) in [7, 11) is 0. The zero-order valence-electron chi connectivity index (χ0n) is 21.3. The average Bonchev–Trinajstić information content (AvgIpc) is 2.76. The molecule has 1 amide bonds. The molecular weight excluding hydrogens is 446 g/mol. The van der Waals surface area contributed by atoms with Crippen LogP contribution in [0.4, 0.5) is 10.5 Å². The van der Waals surface area contributed by atoms with Crippen LogP contribution in [-0.2, 0) is 16.0 Å². The molecule has 0 bridgehead atoms. The summed E-state index contributed by atoms with van der Waals surface area (Å²) < 4.78 is 12.6. The van der Waals surface area contributed by atoms with Crippen LogP contribution in [0, 0.1) is 5.92 Å². The number of esters is 1. The molecule has 190 valence electrons. The van der Waals surface area contributed by atoms with Crippen molar-refractivity contribution in [2.45, 2.75) is 78.0 Å². The van der Waals surface area contributed by atoms with Crippen LogP contribution in [0.3, 0.4) is 0 Å². The van der Waals surface area contributed by atoms with Crippen molar-refractivity contribution in [3.63, 3.8) is 0 Å². The Hall–Kier alpha value is -3.03. The molecule has 1 aliphatic carbocycles. The number of nitrogens with zero attached hydrogens (tertiary/aromatic N) is 2. The van der Waals surface area contributed by atoms with Crippen LogP contribution >= 0.6 is 0 Å². The van der Waals surface area contributed by atoms with Gasteiger partial charge in [-0.3, -0.25) is 4.79 Å². The van der Waals surface area contributed by atoms with Gasteiger partial charge in [-0.1, -0.05) is 6.42 Å². The molecule has 1 aromatic heterocycles. The summed E-state index contributed by atoms with van der Waals surface area (Å²) in [5.41, 5.74) is 1.08. The van der Waals surface area contributed by atoms with Crippen molar-refractivity contribution < 1.29 is 19.1 Å². The zero-order chi connectivity index (χ0) is 25.2. The van der Waals surface area contributed by atoms with Gasteiger partial charge in [-0.2, -0.15) is 0 Å². The predicted octanol–water partition coefficient (Wildman–Crippen LogP) is 4.47. The second kappa shape index (κ2) is 10.3. The molecule has 0 radical (unpaired) electrons. The summed E-state index contributed by atoms with van der Waals surface area (Å²) in [6, 6.07) is 5.99. The number of piperidine rings is 1. The Kier molecular flexibility index (Phi) is 7.38. The van der Waals surface area contributed by atoms with Crippen LogP contribution in [0.5, 0.6) is 0 Å². The Morgan fingerprint density at radius 1 is 1.11 bits per heavy atom. The molecule has 0 spiro atoms. The molecule has 4 rings (SSSR count). The predicted molar refractivity (Wildman–Crippen MR) is 136 cm³/mol. The maximum Gasteiger partial charge on any atom is 0.407 e. The summed E-state index contributed by atoms with van der Waals surface area (Å²) >= 11 is 0. The van der Waals surface area contributed by atoms with Crippen molar-refractivity contribution in [3.05, 3.63) is 40.2 Å². The second-order valence-corrected chi connectivity index (χ2v) is 10.7. The molecule has 2 aromatic rings. The minimum absolute atomic E-state index is 0.0525. The standard InChI is InChI=1S/C27H37N3O5/c1-5-34-25(32)22-17-30(16-18-7-6-8-18)23-10-9-20(15-21(23)24(22)31)29-13-11-19(12-14-29)28-26(33)35-27(2,3)4/h9-10,15,17-19H,5-8,11-14,16H2,1-4H3,(H,28,33). The van der Waals surface area contributed by atoms with E-state index in [0.29, 0.717) is 11.3 Å². The Balaban J connectivity index is 1.54. The summed E-state index contributed by atoms with van der Waals surface area (Å²) in [6.45, 7) is 9.81. The highest BCUT2D eigenvalue weighted by atomic mass is 16.6. The number of rotatable bonds is 6. The molecule has 1 saturated carbocycles. The Morgan fingerprint density at radius 2 is 1.83 bits per heavy atom. The first-order valence-corrected chi connectivity index (χ1v) is 12.7. The molecule has 2 heterocycles. The number of carbonyl (C=O) groups is 2. The molecule has 1 aliphatic heterocycles. The van der Waals surface area contributed by atoms with Gasteiger partial charge in [-0.05, 0) is 77.5 Å². The molecule has 0 unspecified atom stereocenters. The van der Waals surface area contributed by atoms with Gasteiger partial charge in [-0.25, -0.2) is 9.59 Å². The number of nitrogens with one attached hydrogen (secondary N) is 1. The maximum absolute atomic E-state index is 13.3. The van der Waals surface area contributed by atoms with E-state index in [1.54, 1.807) is 13.1 Å². The van der Waals surface area contributed by atoms with E-state index in [-0.39, 0.29) is 29.7 Å². The van der Waals surface area contributed by atoms with E-state index in [1.807, 2.05) is 43.5 Å². The van der Waals surface area contributed by atoms with E-state index < -0.39 is 11.6 Å². The number of alkyl carbamates (subject to hydrolysis) is 1. The zero-order valence-corrected chi connectivity index (χ0v) is 21.3. The minimum atomic E-state index is -0.568. The molecular formula is C27H37N3O5. The summed E-state index contributed by atoms with van der Waals surface area (Å²) in [5, 5.41) is 3.51. The van der Waals surface area contributed by atoms with Crippen molar-refractivity contribution in [3.8, 4) is 0 Å². The largest absolute Gasteiger partial charge is 0.462 e. The smallest absolute Gasteiger partial charge is 0.407 e. The lowest BCUT2D eigenvalue weighted by molar-refractivity contribution is 0.0493. The van der Waals surface area contributed by atoms with Gasteiger partial charge in [0.15, 0.2) is 0 Å². The van der Waals surface area contributed by atoms with E-state index in [9.17, 15) is 14.4 Å². The van der Waals surface area contributed by atoms with Crippen LogP contribution in [0.25, 0.3) is 10.9 Å². The third kappa shape index (κ3) is 5.97. The van der Waals surface area contributed by atoms with Gasteiger partial charge < -0.3 is 24.3 Å². The number of pyridine rings is 1. The van der Waals surface area contributed by atoms with Crippen LogP contribution in [-0.4, -0.2) is 48.0 Å². The number of fused-ring (bicyclic) bond motifs is 1. The fourth-order valence-electron chi connectivity index (χ4n) is 4.80. The number of ether oxygens (including phenoxy) is 2. The van der Waals surface area contributed by atoms with Gasteiger partial charge in [0.05, 0.1) is 12.1 Å². The van der Waals surface area contributed by atoms with Gasteiger partial charge in [0.1, 0.15) is 11.2 Å². The normalized spacial score (nSPS) is 17.2. The first-order valence-electron chi connectivity index (χ1n) is 12.7. The minimum Gasteiger partial charge on any atom is -0.462 e. The molecule has 2 fully saturated rings.